The number of thioether (sulfide) groups is 1. The summed E-state index contributed by atoms with van der Waals surface area (Å²) in [5, 5.41) is 4.00. The van der Waals surface area contributed by atoms with E-state index in [1.54, 1.807) is 11.8 Å². The second-order valence-corrected chi connectivity index (χ2v) is 7.09. The Balaban J connectivity index is 1.50. The number of amides is 1. The van der Waals surface area contributed by atoms with E-state index in [1.165, 1.54) is 4.90 Å². The summed E-state index contributed by atoms with van der Waals surface area (Å²) in [5.74, 6) is 0.913. The molecule has 1 aromatic heterocycles. The molecule has 118 valence electrons. The van der Waals surface area contributed by atoms with Gasteiger partial charge in [-0.2, -0.15) is 0 Å². The van der Waals surface area contributed by atoms with E-state index in [0.29, 0.717) is 12.2 Å². The lowest BCUT2D eigenvalue weighted by atomic mass is 10.2. The fourth-order valence-electron chi connectivity index (χ4n) is 2.33. The summed E-state index contributed by atoms with van der Waals surface area (Å²) in [6.07, 6.45) is 0.934. The van der Waals surface area contributed by atoms with Crippen molar-refractivity contribution in [2.45, 2.75) is 11.3 Å². The molecule has 0 aliphatic carbocycles. The van der Waals surface area contributed by atoms with Crippen molar-refractivity contribution in [3.8, 4) is 0 Å². The molecule has 5 heteroatoms. The van der Waals surface area contributed by atoms with Crippen LogP contribution in [-0.2, 0) is 0 Å². The highest BCUT2D eigenvalue weighted by Crippen LogP contribution is 2.27. The lowest BCUT2D eigenvalue weighted by Crippen LogP contribution is -2.25. The highest BCUT2D eigenvalue weighted by Gasteiger charge is 2.14. The van der Waals surface area contributed by atoms with Gasteiger partial charge in [0.15, 0.2) is 0 Å². The summed E-state index contributed by atoms with van der Waals surface area (Å²) < 4.78 is 0.823. The van der Waals surface area contributed by atoms with Crippen LogP contribution in [0.3, 0.4) is 0 Å². The zero-order valence-corrected chi connectivity index (χ0v) is 14.9. The van der Waals surface area contributed by atoms with Gasteiger partial charge in [0, 0.05) is 22.3 Å². The quantitative estimate of drug-likeness (QED) is 0.468. The molecule has 0 spiro atoms. The van der Waals surface area contributed by atoms with E-state index < -0.39 is 0 Å². The molecule has 3 rings (SSSR count). The second-order valence-electron chi connectivity index (χ2n) is 5.13. The van der Waals surface area contributed by atoms with Gasteiger partial charge in [-0.3, -0.25) is 4.79 Å². The number of para-hydroxylation sites is 1. The van der Waals surface area contributed by atoms with Crippen molar-refractivity contribution in [3.05, 3.63) is 64.8 Å². The summed E-state index contributed by atoms with van der Waals surface area (Å²) >= 11 is 5.32. The zero-order chi connectivity index (χ0) is 16.1. The smallest absolute Gasteiger partial charge is 0.268 e. The molecule has 2 N–H and O–H groups in total. The van der Waals surface area contributed by atoms with Crippen LogP contribution in [0.1, 0.15) is 16.9 Å². The third-order valence-electron chi connectivity index (χ3n) is 3.49. The first-order valence-corrected chi connectivity index (χ1v) is 9.26. The number of hydrogen-bond donors (Lipinski definition) is 2. The minimum atomic E-state index is -0.0715. The molecule has 0 saturated heterocycles. The molecular weight excluding hydrogens is 372 g/mol. The summed E-state index contributed by atoms with van der Waals surface area (Å²) in [5.41, 5.74) is 1.55. The largest absolute Gasteiger partial charge is 0.351 e. The van der Waals surface area contributed by atoms with Crippen LogP contribution in [-0.4, -0.2) is 23.2 Å². The minimum Gasteiger partial charge on any atom is -0.351 e. The minimum absolute atomic E-state index is 0.0715. The number of H-pyrrole nitrogens is 1. The maximum atomic E-state index is 12.3. The van der Waals surface area contributed by atoms with Gasteiger partial charge < -0.3 is 10.3 Å². The number of aromatic amines is 1. The van der Waals surface area contributed by atoms with Crippen LogP contribution in [0.25, 0.3) is 10.9 Å². The first-order chi connectivity index (χ1) is 11.3. The SMILES string of the molecule is O=C(NCCCSc1ccccc1)c1[nH]c2ccccc2c1Br. The van der Waals surface area contributed by atoms with Gasteiger partial charge in [-0.15, -0.1) is 11.8 Å². The van der Waals surface area contributed by atoms with Gasteiger partial charge in [-0.1, -0.05) is 36.4 Å². The molecule has 0 unspecified atom stereocenters. The number of carbonyl (C=O) groups is 1. The second kappa shape index (κ2) is 7.70. The van der Waals surface area contributed by atoms with Gasteiger partial charge in [-0.25, -0.2) is 0 Å². The predicted octanol–water partition coefficient (Wildman–Crippen LogP) is 4.84. The standard InChI is InChI=1S/C18H17BrN2OS/c19-16-14-9-4-5-10-15(14)21-17(16)18(22)20-11-6-12-23-13-7-2-1-3-8-13/h1-5,7-10,21H,6,11-12H2,(H,20,22). The molecule has 2 aromatic carbocycles. The number of nitrogens with one attached hydrogen (secondary N) is 2. The molecular formula is C18H17BrN2OS. The van der Waals surface area contributed by atoms with Crippen molar-refractivity contribution in [1.82, 2.24) is 10.3 Å². The van der Waals surface area contributed by atoms with E-state index in [2.05, 4.69) is 38.4 Å². The number of hydrogen-bond acceptors (Lipinski definition) is 2. The molecule has 0 aliphatic rings. The Morgan fingerprint density at radius 1 is 1.09 bits per heavy atom. The Bertz CT molecular complexity index is 801. The van der Waals surface area contributed by atoms with Gasteiger partial charge in [0.2, 0.25) is 0 Å². The van der Waals surface area contributed by atoms with Crippen molar-refractivity contribution < 1.29 is 4.79 Å². The van der Waals surface area contributed by atoms with Crippen LogP contribution in [0, 0.1) is 0 Å². The van der Waals surface area contributed by atoms with Crippen LogP contribution in [0.15, 0.2) is 64.0 Å². The number of benzene rings is 2. The molecule has 0 fully saturated rings. The fraction of sp³-hybridized carbons (Fsp3) is 0.167. The maximum Gasteiger partial charge on any atom is 0.268 e. The van der Waals surface area contributed by atoms with Crippen LogP contribution < -0.4 is 5.32 Å². The van der Waals surface area contributed by atoms with Crippen molar-refractivity contribution in [2.75, 3.05) is 12.3 Å². The van der Waals surface area contributed by atoms with E-state index in [4.69, 9.17) is 0 Å². The number of fused-ring (bicyclic) bond motifs is 1. The van der Waals surface area contributed by atoms with Crippen molar-refractivity contribution in [1.29, 1.82) is 0 Å². The average Bonchev–Trinajstić information content (AvgIpc) is 2.93. The van der Waals surface area contributed by atoms with Crippen LogP contribution in [0.5, 0.6) is 0 Å². The summed E-state index contributed by atoms with van der Waals surface area (Å²) in [4.78, 5) is 16.7. The van der Waals surface area contributed by atoms with Crippen LogP contribution in [0.4, 0.5) is 0 Å². The number of rotatable bonds is 6. The fourth-order valence-corrected chi connectivity index (χ4v) is 3.83. The van der Waals surface area contributed by atoms with Crippen molar-refractivity contribution in [3.63, 3.8) is 0 Å². The predicted molar refractivity (Wildman–Crippen MR) is 100 cm³/mol. The molecule has 3 nitrogen and oxygen atoms in total. The topological polar surface area (TPSA) is 44.9 Å². The molecule has 3 aromatic rings. The molecule has 0 atom stereocenters. The van der Waals surface area contributed by atoms with Gasteiger partial charge in [0.25, 0.3) is 5.91 Å². The lowest BCUT2D eigenvalue weighted by Gasteiger charge is -2.04. The van der Waals surface area contributed by atoms with Crippen molar-refractivity contribution >= 4 is 44.5 Å². The Labute approximate surface area is 148 Å². The third-order valence-corrected chi connectivity index (χ3v) is 5.41. The van der Waals surface area contributed by atoms with Crippen LogP contribution in [0.2, 0.25) is 0 Å². The van der Waals surface area contributed by atoms with E-state index in [1.807, 2.05) is 42.5 Å². The monoisotopic (exact) mass is 388 g/mol. The van der Waals surface area contributed by atoms with Gasteiger partial charge in [0.1, 0.15) is 5.69 Å². The zero-order valence-electron chi connectivity index (χ0n) is 12.5. The van der Waals surface area contributed by atoms with E-state index in [-0.39, 0.29) is 5.91 Å². The maximum absolute atomic E-state index is 12.3. The third kappa shape index (κ3) is 3.98. The van der Waals surface area contributed by atoms with Crippen molar-refractivity contribution in [2.24, 2.45) is 0 Å². The van der Waals surface area contributed by atoms with Crippen LogP contribution >= 0.6 is 27.7 Å². The van der Waals surface area contributed by atoms with Gasteiger partial charge >= 0.3 is 0 Å². The van der Waals surface area contributed by atoms with E-state index in [0.717, 1.165) is 27.5 Å². The number of aromatic nitrogens is 1. The molecule has 1 amide bonds. The Morgan fingerprint density at radius 2 is 1.83 bits per heavy atom. The number of halogens is 1. The summed E-state index contributed by atoms with van der Waals surface area (Å²) in [7, 11) is 0. The Hall–Kier alpha value is -1.72. The Kier molecular flexibility index (Phi) is 5.41. The molecule has 0 radical (unpaired) electrons. The summed E-state index contributed by atoms with van der Waals surface area (Å²) in [6.45, 7) is 0.667. The van der Waals surface area contributed by atoms with E-state index in [9.17, 15) is 4.79 Å². The molecule has 0 aliphatic heterocycles. The first-order valence-electron chi connectivity index (χ1n) is 7.48. The van der Waals surface area contributed by atoms with E-state index >= 15 is 0 Å². The normalized spacial score (nSPS) is 10.8. The average molecular weight is 389 g/mol. The lowest BCUT2D eigenvalue weighted by molar-refractivity contribution is 0.0949. The number of carbonyl (C=O) groups excluding carboxylic acids is 1. The highest BCUT2D eigenvalue weighted by atomic mass is 79.9. The van der Waals surface area contributed by atoms with Gasteiger partial charge in [0.05, 0.1) is 4.47 Å². The van der Waals surface area contributed by atoms with Gasteiger partial charge in [-0.05, 0) is 46.3 Å². The molecule has 0 bridgehead atoms. The summed E-state index contributed by atoms with van der Waals surface area (Å²) in [6, 6.07) is 18.2. The Morgan fingerprint density at radius 3 is 2.61 bits per heavy atom. The molecule has 1 heterocycles. The highest BCUT2D eigenvalue weighted by molar-refractivity contribution is 9.10. The molecule has 23 heavy (non-hydrogen) atoms. The first kappa shape index (κ1) is 16.1. The molecule has 0 saturated carbocycles.